The summed E-state index contributed by atoms with van der Waals surface area (Å²) in [6, 6.07) is 3.30. The van der Waals surface area contributed by atoms with E-state index >= 15 is 0 Å². The van der Waals surface area contributed by atoms with Crippen molar-refractivity contribution >= 4 is 5.97 Å². The molecule has 1 aromatic rings. The maximum atomic E-state index is 10.7. The van der Waals surface area contributed by atoms with Crippen molar-refractivity contribution in [3.05, 3.63) is 29.6 Å². The maximum absolute atomic E-state index is 10.7. The van der Waals surface area contributed by atoms with Crippen molar-refractivity contribution in [3.8, 4) is 0 Å². The predicted octanol–water partition coefficient (Wildman–Crippen LogP) is 1.28. The normalized spacial score (nSPS) is 22.6. The van der Waals surface area contributed by atoms with Gasteiger partial charge in [-0.2, -0.15) is 0 Å². The number of carbonyl (C=O) groups is 1. The number of hydrogen-bond donors (Lipinski definition) is 3. The van der Waals surface area contributed by atoms with Crippen LogP contribution in [-0.2, 0) is 6.54 Å². The van der Waals surface area contributed by atoms with E-state index < -0.39 is 5.97 Å². The smallest absolute Gasteiger partial charge is 0.337 e. The Morgan fingerprint density at radius 2 is 2.16 bits per heavy atom. The van der Waals surface area contributed by atoms with Crippen LogP contribution in [0.15, 0.2) is 18.3 Å². The molecule has 0 aliphatic heterocycles. The average molecular weight is 264 g/mol. The van der Waals surface area contributed by atoms with E-state index in [-0.39, 0.29) is 12.2 Å². The topological polar surface area (TPSA) is 82.5 Å². The Balaban J connectivity index is 1.77. The highest BCUT2D eigenvalue weighted by molar-refractivity contribution is 5.87. The third-order valence-corrected chi connectivity index (χ3v) is 3.84. The van der Waals surface area contributed by atoms with E-state index in [9.17, 15) is 9.90 Å². The van der Waals surface area contributed by atoms with E-state index in [2.05, 4.69) is 10.3 Å². The number of aliphatic hydroxyl groups is 1. The lowest BCUT2D eigenvalue weighted by atomic mass is 9.97. The van der Waals surface area contributed by atoms with Gasteiger partial charge in [0.25, 0.3) is 0 Å². The average Bonchev–Trinajstić information content (AvgIpc) is 2.87. The molecule has 1 aliphatic rings. The van der Waals surface area contributed by atoms with Gasteiger partial charge >= 0.3 is 5.97 Å². The Bertz CT molecular complexity index is 419. The van der Waals surface area contributed by atoms with Crippen LogP contribution in [0.3, 0.4) is 0 Å². The van der Waals surface area contributed by atoms with Crippen molar-refractivity contribution in [1.82, 2.24) is 10.3 Å². The highest BCUT2D eigenvalue weighted by atomic mass is 16.4. The van der Waals surface area contributed by atoms with Gasteiger partial charge in [0.05, 0.1) is 11.3 Å². The Kier molecular flexibility index (Phi) is 4.87. The van der Waals surface area contributed by atoms with Gasteiger partial charge in [0, 0.05) is 19.3 Å². The maximum Gasteiger partial charge on any atom is 0.337 e. The lowest BCUT2D eigenvalue weighted by Gasteiger charge is -2.17. The fourth-order valence-corrected chi connectivity index (χ4v) is 2.66. The van der Waals surface area contributed by atoms with E-state index in [1.54, 1.807) is 12.1 Å². The van der Waals surface area contributed by atoms with Crippen molar-refractivity contribution in [1.29, 1.82) is 0 Å². The summed E-state index contributed by atoms with van der Waals surface area (Å²) in [6.07, 6.45) is 4.87. The van der Waals surface area contributed by atoms with Gasteiger partial charge in [-0.05, 0) is 43.4 Å². The standard InChI is InChI=1S/C14H20N2O3/c17-9-12-3-1-2-10(12)6-15-8-13-5-4-11(7-16-13)14(18)19/h4-5,7,10,12,15,17H,1-3,6,8-9H2,(H,18,19). The molecule has 104 valence electrons. The SMILES string of the molecule is O=C(O)c1ccc(CNCC2CCCC2CO)nc1. The number of hydrogen-bond acceptors (Lipinski definition) is 4. The second kappa shape index (κ2) is 6.63. The summed E-state index contributed by atoms with van der Waals surface area (Å²) in [7, 11) is 0. The molecule has 1 aromatic heterocycles. The Hall–Kier alpha value is -1.46. The first kappa shape index (κ1) is 14.0. The summed E-state index contributed by atoms with van der Waals surface area (Å²) in [6.45, 7) is 1.79. The van der Waals surface area contributed by atoms with Crippen molar-refractivity contribution in [2.75, 3.05) is 13.2 Å². The van der Waals surface area contributed by atoms with Gasteiger partial charge < -0.3 is 15.5 Å². The molecule has 1 heterocycles. The molecule has 2 rings (SSSR count). The molecular weight excluding hydrogens is 244 g/mol. The summed E-state index contributed by atoms with van der Waals surface area (Å²) in [5, 5.41) is 21.3. The van der Waals surface area contributed by atoms with Crippen LogP contribution in [0.25, 0.3) is 0 Å². The molecule has 0 bridgehead atoms. The lowest BCUT2D eigenvalue weighted by molar-refractivity contribution is 0.0696. The molecule has 3 N–H and O–H groups in total. The molecule has 0 aromatic carbocycles. The molecule has 1 fully saturated rings. The van der Waals surface area contributed by atoms with Gasteiger partial charge in [-0.1, -0.05) is 6.42 Å². The largest absolute Gasteiger partial charge is 0.478 e. The van der Waals surface area contributed by atoms with Gasteiger partial charge in [0.1, 0.15) is 0 Å². The van der Waals surface area contributed by atoms with Crippen molar-refractivity contribution in [2.45, 2.75) is 25.8 Å². The number of carboxylic acids is 1. The van der Waals surface area contributed by atoms with E-state index in [1.165, 1.54) is 19.0 Å². The molecule has 2 unspecified atom stereocenters. The minimum absolute atomic E-state index is 0.208. The number of pyridine rings is 1. The van der Waals surface area contributed by atoms with Gasteiger partial charge in [0.2, 0.25) is 0 Å². The highest BCUT2D eigenvalue weighted by Crippen LogP contribution is 2.30. The van der Waals surface area contributed by atoms with Crippen LogP contribution in [0.4, 0.5) is 0 Å². The molecule has 0 radical (unpaired) electrons. The number of aliphatic hydroxyl groups excluding tert-OH is 1. The molecule has 0 amide bonds. The first-order valence-electron chi connectivity index (χ1n) is 6.70. The highest BCUT2D eigenvalue weighted by Gasteiger charge is 2.25. The summed E-state index contributed by atoms with van der Waals surface area (Å²) < 4.78 is 0. The zero-order valence-corrected chi connectivity index (χ0v) is 10.9. The van der Waals surface area contributed by atoms with E-state index in [0.29, 0.717) is 18.4 Å². The molecule has 0 spiro atoms. The zero-order valence-electron chi connectivity index (χ0n) is 10.9. The van der Waals surface area contributed by atoms with E-state index in [1.807, 2.05) is 0 Å². The Labute approximate surface area is 112 Å². The predicted molar refractivity (Wildman–Crippen MR) is 70.8 cm³/mol. The molecule has 2 atom stereocenters. The molecular formula is C14H20N2O3. The second-order valence-electron chi connectivity index (χ2n) is 5.11. The van der Waals surface area contributed by atoms with E-state index in [0.717, 1.165) is 18.7 Å². The Morgan fingerprint density at radius 3 is 2.79 bits per heavy atom. The van der Waals surface area contributed by atoms with Gasteiger partial charge in [0.15, 0.2) is 0 Å². The number of nitrogens with one attached hydrogen (secondary N) is 1. The number of rotatable bonds is 6. The summed E-state index contributed by atoms with van der Waals surface area (Å²) in [5.74, 6) is 0.0156. The first-order chi connectivity index (χ1) is 9.20. The number of nitrogens with zero attached hydrogens (tertiary/aromatic N) is 1. The van der Waals surface area contributed by atoms with Crippen LogP contribution in [0.2, 0.25) is 0 Å². The van der Waals surface area contributed by atoms with Gasteiger partial charge in [-0.3, -0.25) is 4.98 Å². The van der Waals surface area contributed by atoms with Gasteiger partial charge in [-0.25, -0.2) is 4.79 Å². The minimum atomic E-state index is -0.955. The fraction of sp³-hybridized carbons (Fsp3) is 0.571. The van der Waals surface area contributed by atoms with Crippen LogP contribution in [-0.4, -0.2) is 34.3 Å². The lowest BCUT2D eigenvalue weighted by Crippen LogP contribution is -2.26. The second-order valence-corrected chi connectivity index (χ2v) is 5.11. The fourth-order valence-electron chi connectivity index (χ4n) is 2.66. The van der Waals surface area contributed by atoms with Crippen LogP contribution >= 0.6 is 0 Å². The monoisotopic (exact) mass is 264 g/mol. The third kappa shape index (κ3) is 3.75. The van der Waals surface area contributed by atoms with Crippen molar-refractivity contribution in [3.63, 3.8) is 0 Å². The van der Waals surface area contributed by atoms with Crippen LogP contribution in [0, 0.1) is 11.8 Å². The molecule has 1 saturated carbocycles. The van der Waals surface area contributed by atoms with Crippen molar-refractivity contribution in [2.24, 2.45) is 11.8 Å². The van der Waals surface area contributed by atoms with Crippen LogP contribution in [0.5, 0.6) is 0 Å². The quantitative estimate of drug-likeness (QED) is 0.721. The van der Waals surface area contributed by atoms with Crippen LogP contribution < -0.4 is 5.32 Å². The first-order valence-corrected chi connectivity index (χ1v) is 6.70. The molecule has 0 saturated heterocycles. The summed E-state index contributed by atoms with van der Waals surface area (Å²) in [4.78, 5) is 14.8. The molecule has 5 heteroatoms. The van der Waals surface area contributed by atoms with Crippen LogP contribution in [0.1, 0.15) is 35.3 Å². The van der Waals surface area contributed by atoms with Gasteiger partial charge in [-0.15, -0.1) is 0 Å². The summed E-state index contributed by atoms with van der Waals surface area (Å²) in [5.41, 5.74) is 1.04. The zero-order chi connectivity index (χ0) is 13.7. The summed E-state index contributed by atoms with van der Waals surface area (Å²) >= 11 is 0. The number of aromatic carboxylic acids is 1. The Morgan fingerprint density at radius 1 is 1.37 bits per heavy atom. The van der Waals surface area contributed by atoms with E-state index in [4.69, 9.17) is 5.11 Å². The third-order valence-electron chi connectivity index (χ3n) is 3.84. The minimum Gasteiger partial charge on any atom is -0.478 e. The number of carboxylic acid groups (broad SMARTS) is 1. The molecule has 19 heavy (non-hydrogen) atoms. The molecule has 1 aliphatic carbocycles. The molecule has 5 nitrogen and oxygen atoms in total. The van der Waals surface area contributed by atoms with Crippen molar-refractivity contribution < 1.29 is 15.0 Å². The number of aromatic nitrogens is 1.